The number of anilines is 1. The number of hydrogen-bond donors (Lipinski definition) is 2. The van der Waals surface area contributed by atoms with E-state index in [1.165, 1.54) is 25.1 Å². The van der Waals surface area contributed by atoms with Gasteiger partial charge in [-0.15, -0.1) is 0 Å². The number of carbonyl (C=O) groups excluding carboxylic acids is 1. The molecular formula is C19H16ClFN2O3S. The predicted molar refractivity (Wildman–Crippen MR) is 104 cm³/mol. The minimum Gasteiger partial charge on any atom is -0.325 e. The predicted octanol–water partition coefficient (Wildman–Crippen LogP) is 3.94. The molecule has 0 bridgehead atoms. The highest BCUT2D eigenvalue weighted by molar-refractivity contribution is 7.89. The maximum absolute atomic E-state index is 13.2. The summed E-state index contributed by atoms with van der Waals surface area (Å²) in [5.74, 6) is -1.21. The van der Waals surface area contributed by atoms with Crippen LogP contribution in [0.25, 0.3) is 10.8 Å². The van der Waals surface area contributed by atoms with Crippen LogP contribution in [0.2, 0.25) is 5.02 Å². The first-order valence-corrected chi connectivity index (χ1v) is 9.89. The quantitative estimate of drug-likeness (QED) is 0.674. The molecule has 0 aliphatic rings. The highest BCUT2D eigenvalue weighted by Crippen LogP contribution is 2.21. The molecule has 0 saturated heterocycles. The topological polar surface area (TPSA) is 75.3 Å². The maximum atomic E-state index is 13.2. The van der Waals surface area contributed by atoms with Crippen LogP contribution in [0.15, 0.2) is 65.6 Å². The first kappa shape index (κ1) is 19.3. The Hall–Kier alpha value is -2.48. The molecule has 1 atom stereocenters. The highest BCUT2D eigenvalue weighted by Gasteiger charge is 2.22. The minimum atomic E-state index is -3.90. The van der Waals surface area contributed by atoms with Crippen LogP contribution in [-0.2, 0) is 14.8 Å². The summed E-state index contributed by atoms with van der Waals surface area (Å²) in [4.78, 5) is 12.3. The van der Waals surface area contributed by atoms with E-state index in [4.69, 9.17) is 11.6 Å². The normalized spacial score (nSPS) is 12.7. The molecule has 2 N–H and O–H groups in total. The Balaban J connectivity index is 1.75. The van der Waals surface area contributed by atoms with Crippen LogP contribution in [0.1, 0.15) is 6.92 Å². The van der Waals surface area contributed by atoms with Gasteiger partial charge in [-0.2, -0.15) is 4.72 Å². The first-order chi connectivity index (χ1) is 12.8. The molecule has 0 aliphatic carbocycles. The molecule has 0 radical (unpaired) electrons. The van der Waals surface area contributed by atoms with E-state index in [9.17, 15) is 17.6 Å². The van der Waals surface area contributed by atoms with Crippen LogP contribution >= 0.6 is 11.6 Å². The first-order valence-electron chi connectivity index (χ1n) is 8.03. The molecule has 5 nitrogen and oxygen atoms in total. The third-order valence-corrected chi connectivity index (χ3v) is 5.77. The molecule has 3 rings (SSSR count). The van der Waals surface area contributed by atoms with Crippen molar-refractivity contribution in [3.63, 3.8) is 0 Å². The van der Waals surface area contributed by atoms with Crippen LogP contribution in [0, 0.1) is 5.82 Å². The molecule has 1 amide bonds. The summed E-state index contributed by atoms with van der Waals surface area (Å²) in [7, 11) is -3.90. The van der Waals surface area contributed by atoms with Gasteiger partial charge >= 0.3 is 0 Å². The zero-order valence-electron chi connectivity index (χ0n) is 14.2. The van der Waals surface area contributed by atoms with Crippen LogP contribution in [0.3, 0.4) is 0 Å². The van der Waals surface area contributed by atoms with Gasteiger partial charge in [0.2, 0.25) is 15.9 Å². The van der Waals surface area contributed by atoms with Gasteiger partial charge < -0.3 is 5.32 Å². The molecule has 140 valence electrons. The van der Waals surface area contributed by atoms with E-state index in [-0.39, 0.29) is 15.6 Å². The number of fused-ring (bicyclic) bond motifs is 1. The Morgan fingerprint density at radius 1 is 1.04 bits per heavy atom. The van der Waals surface area contributed by atoms with Crippen molar-refractivity contribution in [2.45, 2.75) is 17.9 Å². The average molecular weight is 407 g/mol. The number of halogens is 2. The van der Waals surface area contributed by atoms with Crippen molar-refractivity contribution in [3.05, 3.63) is 71.5 Å². The summed E-state index contributed by atoms with van der Waals surface area (Å²) in [6.45, 7) is 1.42. The molecule has 0 saturated carbocycles. The van der Waals surface area contributed by atoms with Crippen molar-refractivity contribution in [1.82, 2.24) is 4.72 Å². The standard InChI is InChI=1S/C19H16ClFN2O3S/c1-12(19(24)22-15-7-9-18(21)17(20)11-15)23-27(25,26)16-8-6-13-4-2-3-5-14(13)10-16/h2-12,23H,1H3,(H,22,24)/t12-/m0/s1. The average Bonchev–Trinajstić information content (AvgIpc) is 2.64. The number of hydrogen-bond acceptors (Lipinski definition) is 3. The highest BCUT2D eigenvalue weighted by atomic mass is 35.5. The molecule has 0 aromatic heterocycles. The SMILES string of the molecule is C[C@H](NS(=O)(=O)c1ccc2ccccc2c1)C(=O)Nc1ccc(F)c(Cl)c1. The molecule has 8 heteroatoms. The second-order valence-corrected chi connectivity index (χ2v) is 8.09. The zero-order chi connectivity index (χ0) is 19.6. The van der Waals surface area contributed by atoms with E-state index in [1.54, 1.807) is 12.1 Å². The van der Waals surface area contributed by atoms with E-state index >= 15 is 0 Å². The van der Waals surface area contributed by atoms with Crippen LogP contribution in [-0.4, -0.2) is 20.4 Å². The van der Waals surface area contributed by atoms with Gasteiger partial charge in [-0.3, -0.25) is 4.79 Å². The number of rotatable bonds is 5. The van der Waals surface area contributed by atoms with Crippen molar-refractivity contribution < 1.29 is 17.6 Å². The maximum Gasteiger partial charge on any atom is 0.242 e. The van der Waals surface area contributed by atoms with E-state index in [0.717, 1.165) is 16.8 Å². The van der Waals surface area contributed by atoms with E-state index in [0.29, 0.717) is 0 Å². The van der Waals surface area contributed by atoms with Gasteiger partial charge in [-0.25, -0.2) is 12.8 Å². The largest absolute Gasteiger partial charge is 0.325 e. The van der Waals surface area contributed by atoms with Crippen molar-refractivity contribution in [2.75, 3.05) is 5.32 Å². The zero-order valence-corrected chi connectivity index (χ0v) is 15.8. The minimum absolute atomic E-state index is 0.0608. The van der Waals surface area contributed by atoms with Gasteiger partial charge in [-0.05, 0) is 48.0 Å². The summed E-state index contributed by atoms with van der Waals surface area (Å²) in [6, 6.07) is 14.7. The number of nitrogens with one attached hydrogen (secondary N) is 2. The molecule has 0 heterocycles. The molecule has 0 spiro atoms. The van der Waals surface area contributed by atoms with Crippen LogP contribution in [0.5, 0.6) is 0 Å². The Morgan fingerprint density at radius 3 is 2.44 bits per heavy atom. The lowest BCUT2D eigenvalue weighted by Crippen LogP contribution is -2.41. The molecular weight excluding hydrogens is 391 g/mol. The lowest BCUT2D eigenvalue weighted by Gasteiger charge is -2.15. The van der Waals surface area contributed by atoms with Crippen LogP contribution < -0.4 is 10.0 Å². The number of carbonyl (C=O) groups is 1. The van der Waals surface area contributed by atoms with Crippen LogP contribution in [0.4, 0.5) is 10.1 Å². The molecule has 27 heavy (non-hydrogen) atoms. The number of sulfonamides is 1. The number of benzene rings is 3. The van der Waals surface area contributed by atoms with Gasteiger partial charge in [0, 0.05) is 5.69 Å². The summed E-state index contributed by atoms with van der Waals surface area (Å²) in [5.41, 5.74) is 0.267. The van der Waals surface area contributed by atoms with Gasteiger partial charge in [-0.1, -0.05) is 41.9 Å². The van der Waals surface area contributed by atoms with E-state index in [1.807, 2.05) is 24.3 Å². The van der Waals surface area contributed by atoms with E-state index < -0.39 is 27.8 Å². The summed E-state index contributed by atoms with van der Waals surface area (Å²) >= 11 is 5.67. The van der Waals surface area contributed by atoms with E-state index in [2.05, 4.69) is 10.0 Å². The van der Waals surface area contributed by atoms with Crippen molar-refractivity contribution in [2.24, 2.45) is 0 Å². The van der Waals surface area contributed by atoms with Gasteiger partial charge in [0.15, 0.2) is 0 Å². The smallest absolute Gasteiger partial charge is 0.242 e. The molecule has 0 aliphatic heterocycles. The fraction of sp³-hybridized carbons (Fsp3) is 0.105. The fourth-order valence-corrected chi connectivity index (χ4v) is 3.93. The van der Waals surface area contributed by atoms with Crippen molar-refractivity contribution in [1.29, 1.82) is 0 Å². The summed E-state index contributed by atoms with van der Waals surface area (Å²) < 4.78 is 40.7. The Kier molecular flexibility index (Phi) is 5.46. The van der Waals surface area contributed by atoms with Gasteiger partial charge in [0.05, 0.1) is 16.0 Å². The Morgan fingerprint density at radius 2 is 1.74 bits per heavy atom. The van der Waals surface area contributed by atoms with Gasteiger partial charge in [0.1, 0.15) is 5.82 Å². The second-order valence-electron chi connectivity index (χ2n) is 5.97. The molecule has 3 aromatic carbocycles. The molecule has 3 aromatic rings. The Bertz CT molecular complexity index is 1120. The summed E-state index contributed by atoms with van der Waals surface area (Å²) in [6.07, 6.45) is 0. The lowest BCUT2D eigenvalue weighted by molar-refractivity contribution is -0.117. The third kappa shape index (κ3) is 4.44. The number of amides is 1. The molecule has 0 unspecified atom stereocenters. The molecule has 0 fully saturated rings. The lowest BCUT2D eigenvalue weighted by atomic mass is 10.1. The van der Waals surface area contributed by atoms with Gasteiger partial charge in [0.25, 0.3) is 0 Å². The van der Waals surface area contributed by atoms with Crippen molar-refractivity contribution in [3.8, 4) is 0 Å². The van der Waals surface area contributed by atoms with Crippen molar-refractivity contribution >= 4 is 44.0 Å². The third-order valence-electron chi connectivity index (χ3n) is 3.94. The summed E-state index contributed by atoms with van der Waals surface area (Å²) in [5, 5.41) is 4.04. The Labute approximate surface area is 161 Å². The fourth-order valence-electron chi connectivity index (χ4n) is 2.51. The second kappa shape index (κ2) is 7.64. The monoisotopic (exact) mass is 406 g/mol.